The summed E-state index contributed by atoms with van der Waals surface area (Å²) in [4.78, 5) is 5.28. The Kier molecular flexibility index (Phi) is 5.62. The standard InChI is InChI=1S/C22H32N4O/c1-17-22(18(2)26(23-17)13-14-27)16-24-10-8-21(9-11-24)25-12-7-19-5-3-4-6-20(19)15-25/h3-6,21,27H,7-16H2,1-2H3. The SMILES string of the molecule is Cc1nn(CCO)c(C)c1CN1CCC(N2CCc3ccccc3C2)CC1. The number of fused-ring (bicyclic) bond motifs is 1. The molecule has 3 heterocycles. The predicted molar refractivity (Wildman–Crippen MR) is 108 cm³/mol. The molecule has 1 aromatic carbocycles. The van der Waals surface area contributed by atoms with Crippen LogP contribution in [0.5, 0.6) is 0 Å². The molecular weight excluding hydrogens is 336 g/mol. The van der Waals surface area contributed by atoms with E-state index in [1.54, 1.807) is 0 Å². The lowest BCUT2D eigenvalue weighted by atomic mass is 9.95. The van der Waals surface area contributed by atoms with Crippen molar-refractivity contribution in [2.45, 2.75) is 58.8 Å². The number of aromatic nitrogens is 2. The molecule has 0 aliphatic carbocycles. The maximum Gasteiger partial charge on any atom is 0.0644 e. The van der Waals surface area contributed by atoms with E-state index in [1.165, 1.54) is 48.2 Å². The molecule has 1 aromatic heterocycles. The largest absolute Gasteiger partial charge is 0.394 e. The number of aryl methyl sites for hydroxylation is 1. The highest BCUT2D eigenvalue weighted by atomic mass is 16.3. The molecular formula is C22H32N4O. The molecule has 0 bridgehead atoms. The van der Waals surface area contributed by atoms with E-state index >= 15 is 0 Å². The van der Waals surface area contributed by atoms with Gasteiger partial charge in [-0.2, -0.15) is 5.10 Å². The van der Waals surface area contributed by atoms with Crippen LogP contribution in [0.15, 0.2) is 24.3 Å². The molecule has 0 spiro atoms. The molecule has 5 nitrogen and oxygen atoms in total. The monoisotopic (exact) mass is 368 g/mol. The van der Waals surface area contributed by atoms with Gasteiger partial charge in [-0.1, -0.05) is 24.3 Å². The number of aliphatic hydroxyl groups is 1. The maximum atomic E-state index is 9.20. The highest BCUT2D eigenvalue weighted by Crippen LogP contribution is 2.26. The van der Waals surface area contributed by atoms with E-state index in [0.29, 0.717) is 12.6 Å². The van der Waals surface area contributed by atoms with Crippen molar-refractivity contribution < 1.29 is 5.11 Å². The first kappa shape index (κ1) is 18.7. The van der Waals surface area contributed by atoms with Gasteiger partial charge < -0.3 is 5.11 Å². The molecule has 0 atom stereocenters. The van der Waals surface area contributed by atoms with Crippen LogP contribution in [0.25, 0.3) is 0 Å². The molecule has 27 heavy (non-hydrogen) atoms. The second-order valence-electron chi connectivity index (χ2n) is 8.09. The molecule has 2 aromatic rings. The second-order valence-corrected chi connectivity index (χ2v) is 8.09. The van der Waals surface area contributed by atoms with Crippen LogP contribution in [0.4, 0.5) is 0 Å². The summed E-state index contributed by atoms with van der Waals surface area (Å²) in [5.41, 5.74) is 6.71. The van der Waals surface area contributed by atoms with E-state index in [2.05, 4.69) is 53.0 Å². The third-order valence-corrected chi connectivity index (χ3v) is 6.46. The van der Waals surface area contributed by atoms with Gasteiger partial charge in [0.1, 0.15) is 0 Å². The van der Waals surface area contributed by atoms with Crippen molar-refractivity contribution in [3.8, 4) is 0 Å². The number of rotatable bonds is 5. The molecule has 2 aliphatic heterocycles. The summed E-state index contributed by atoms with van der Waals surface area (Å²) in [5.74, 6) is 0. The van der Waals surface area contributed by atoms with Crippen LogP contribution < -0.4 is 0 Å². The van der Waals surface area contributed by atoms with E-state index in [-0.39, 0.29) is 6.61 Å². The summed E-state index contributed by atoms with van der Waals surface area (Å²) in [7, 11) is 0. The summed E-state index contributed by atoms with van der Waals surface area (Å²) < 4.78 is 1.95. The van der Waals surface area contributed by atoms with Crippen LogP contribution in [0.1, 0.15) is 40.9 Å². The van der Waals surface area contributed by atoms with Gasteiger partial charge in [-0.3, -0.25) is 14.5 Å². The topological polar surface area (TPSA) is 44.5 Å². The number of hydrogen-bond donors (Lipinski definition) is 1. The molecule has 0 unspecified atom stereocenters. The van der Waals surface area contributed by atoms with Crippen molar-refractivity contribution >= 4 is 0 Å². The Hall–Kier alpha value is -1.69. The third-order valence-electron chi connectivity index (χ3n) is 6.46. The van der Waals surface area contributed by atoms with Crippen LogP contribution >= 0.6 is 0 Å². The molecule has 1 fully saturated rings. The summed E-state index contributed by atoms with van der Waals surface area (Å²) in [6.45, 7) is 10.6. The Morgan fingerprint density at radius 2 is 1.81 bits per heavy atom. The van der Waals surface area contributed by atoms with E-state index in [9.17, 15) is 5.11 Å². The third kappa shape index (κ3) is 3.96. The molecule has 0 saturated carbocycles. The van der Waals surface area contributed by atoms with Crippen molar-refractivity contribution in [1.82, 2.24) is 19.6 Å². The van der Waals surface area contributed by atoms with Crippen molar-refractivity contribution in [2.24, 2.45) is 0 Å². The first-order valence-corrected chi connectivity index (χ1v) is 10.3. The fourth-order valence-electron chi connectivity index (χ4n) is 4.77. The maximum absolute atomic E-state index is 9.20. The molecule has 1 N–H and O–H groups in total. The summed E-state index contributed by atoms with van der Waals surface area (Å²) in [5, 5.41) is 13.8. The Morgan fingerprint density at radius 3 is 2.56 bits per heavy atom. The average Bonchev–Trinajstić information content (AvgIpc) is 2.96. The van der Waals surface area contributed by atoms with Gasteiger partial charge in [-0.15, -0.1) is 0 Å². The van der Waals surface area contributed by atoms with E-state index in [4.69, 9.17) is 0 Å². The lowest BCUT2D eigenvalue weighted by molar-refractivity contribution is 0.0947. The van der Waals surface area contributed by atoms with Crippen LogP contribution in [0, 0.1) is 13.8 Å². The van der Waals surface area contributed by atoms with Gasteiger partial charge in [-0.25, -0.2) is 0 Å². The first-order valence-electron chi connectivity index (χ1n) is 10.3. The number of piperidine rings is 1. The van der Waals surface area contributed by atoms with Gasteiger partial charge in [0.25, 0.3) is 0 Å². The average molecular weight is 369 g/mol. The number of aliphatic hydroxyl groups excluding tert-OH is 1. The van der Waals surface area contributed by atoms with E-state index < -0.39 is 0 Å². The van der Waals surface area contributed by atoms with E-state index in [1.807, 2.05) is 4.68 Å². The predicted octanol–water partition coefficient (Wildman–Crippen LogP) is 2.51. The Bertz CT molecular complexity index is 777. The number of hydrogen-bond acceptors (Lipinski definition) is 4. The highest BCUT2D eigenvalue weighted by Gasteiger charge is 2.27. The molecule has 5 heteroatoms. The highest BCUT2D eigenvalue weighted by molar-refractivity contribution is 5.29. The zero-order valence-electron chi connectivity index (χ0n) is 16.7. The summed E-state index contributed by atoms with van der Waals surface area (Å²) in [6.07, 6.45) is 3.70. The lowest BCUT2D eigenvalue weighted by Crippen LogP contribution is -2.46. The molecule has 146 valence electrons. The van der Waals surface area contributed by atoms with Gasteiger partial charge in [0, 0.05) is 36.9 Å². The Balaban J connectivity index is 1.33. The number of likely N-dealkylation sites (tertiary alicyclic amines) is 1. The van der Waals surface area contributed by atoms with Crippen molar-refractivity contribution in [3.63, 3.8) is 0 Å². The van der Waals surface area contributed by atoms with Crippen LogP contribution in [0.2, 0.25) is 0 Å². The minimum Gasteiger partial charge on any atom is -0.394 e. The molecule has 1 saturated heterocycles. The van der Waals surface area contributed by atoms with Crippen LogP contribution in [-0.4, -0.2) is 57.0 Å². The van der Waals surface area contributed by atoms with Crippen LogP contribution in [-0.2, 0) is 26.1 Å². The molecule has 4 rings (SSSR count). The van der Waals surface area contributed by atoms with Gasteiger partial charge in [-0.05, 0) is 57.3 Å². The summed E-state index contributed by atoms with van der Waals surface area (Å²) in [6, 6.07) is 9.64. The minimum atomic E-state index is 0.145. The smallest absolute Gasteiger partial charge is 0.0644 e. The van der Waals surface area contributed by atoms with E-state index in [0.717, 1.165) is 31.9 Å². The van der Waals surface area contributed by atoms with Crippen LogP contribution in [0.3, 0.4) is 0 Å². The Labute approximate surface area is 162 Å². The van der Waals surface area contributed by atoms with Crippen molar-refractivity contribution in [3.05, 3.63) is 52.3 Å². The fourth-order valence-corrected chi connectivity index (χ4v) is 4.77. The molecule has 0 amide bonds. The molecule has 2 aliphatic rings. The molecule has 0 radical (unpaired) electrons. The van der Waals surface area contributed by atoms with Gasteiger partial charge >= 0.3 is 0 Å². The van der Waals surface area contributed by atoms with Gasteiger partial charge in [0.15, 0.2) is 0 Å². The second kappa shape index (κ2) is 8.13. The fraction of sp³-hybridized carbons (Fsp3) is 0.591. The quantitative estimate of drug-likeness (QED) is 0.881. The van der Waals surface area contributed by atoms with Crippen molar-refractivity contribution in [2.75, 3.05) is 26.2 Å². The van der Waals surface area contributed by atoms with Gasteiger partial charge in [0.2, 0.25) is 0 Å². The minimum absolute atomic E-state index is 0.145. The lowest BCUT2D eigenvalue weighted by Gasteiger charge is -2.40. The zero-order valence-corrected chi connectivity index (χ0v) is 16.7. The Morgan fingerprint density at radius 1 is 1.07 bits per heavy atom. The van der Waals surface area contributed by atoms with Crippen molar-refractivity contribution in [1.29, 1.82) is 0 Å². The van der Waals surface area contributed by atoms with Gasteiger partial charge in [0.05, 0.1) is 18.8 Å². The number of benzene rings is 1. The number of nitrogens with zero attached hydrogens (tertiary/aromatic N) is 4. The zero-order chi connectivity index (χ0) is 18.8. The first-order chi connectivity index (χ1) is 13.2. The summed E-state index contributed by atoms with van der Waals surface area (Å²) >= 11 is 0. The normalized spacial score (nSPS) is 19.4.